The summed E-state index contributed by atoms with van der Waals surface area (Å²) < 4.78 is 17.3. The monoisotopic (exact) mass is 448 g/mol. The number of hydrogen-bond donors (Lipinski definition) is 2. The van der Waals surface area contributed by atoms with Crippen molar-refractivity contribution in [2.24, 2.45) is 0 Å². The highest BCUT2D eigenvalue weighted by atomic mass is 16.8. The molecule has 9 nitrogen and oxygen atoms in total. The van der Waals surface area contributed by atoms with Crippen molar-refractivity contribution in [3.8, 4) is 34.1 Å². The normalized spacial score (nSPS) is 10.8. The highest BCUT2D eigenvalue weighted by Crippen LogP contribution is 2.36. The average Bonchev–Trinajstić information content (AvgIpc) is 2.84. The van der Waals surface area contributed by atoms with Crippen molar-refractivity contribution in [2.45, 2.75) is 0 Å². The first-order chi connectivity index (χ1) is 15.9. The predicted octanol–water partition coefficient (Wildman–Crippen LogP) is 3.96. The van der Waals surface area contributed by atoms with E-state index in [1.807, 2.05) is 12.1 Å². The number of nitrogen functional groups attached to an aromatic ring is 1. The van der Waals surface area contributed by atoms with Crippen molar-refractivity contribution in [1.29, 1.82) is 0 Å². The van der Waals surface area contributed by atoms with Gasteiger partial charge in [0.05, 0.1) is 38.1 Å². The Morgan fingerprint density at radius 3 is 2.00 bits per heavy atom. The molecule has 4 aromatic rings. The zero-order valence-electron chi connectivity index (χ0n) is 18.2. The van der Waals surface area contributed by atoms with Gasteiger partial charge in [-0.05, 0) is 35.2 Å². The molecule has 0 atom stereocenters. The Morgan fingerprint density at radius 2 is 1.45 bits per heavy atom. The highest BCUT2D eigenvalue weighted by molar-refractivity contribution is 6.02. The molecule has 0 fully saturated rings. The molecule has 0 aliphatic rings. The number of methoxy groups -OCH3 is 3. The van der Waals surface area contributed by atoms with Gasteiger partial charge in [0.15, 0.2) is 0 Å². The van der Waals surface area contributed by atoms with Crippen molar-refractivity contribution in [3.63, 3.8) is 0 Å². The molecule has 0 amide bonds. The number of hydrogen-bond acceptors (Lipinski definition) is 8. The Hall–Kier alpha value is -4.21. The summed E-state index contributed by atoms with van der Waals surface area (Å²) in [6.45, 7) is 0. The van der Waals surface area contributed by atoms with Crippen LogP contribution in [-0.2, 0) is 0 Å². The topological polar surface area (TPSA) is 122 Å². The number of aromatic nitrogens is 1. The zero-order valence-corrected chi connectivity index (χ0v) is 18.2. The van der Waals surface area contributed by atoms with Crippen LogP contribution in [-0.4, -0.2) is 31.1 Å². The molecule has 1 aromatic heterocycles. The number of anilines is 2. The first-order valence-corrected chi connectivity index (χ1v) is 9.90. The number of ether oxygens (including phenoxy) is 3. The molecule has 3 aromatic carbocycles. The molecule has 0 saturated carbocycles. The van der Waals surface area contributed by atoms with Crippen LogP contribution in [0.25, 0.3) is 27.6 Å². The van der Waals surface area contributed by atoms with Crippen molar-refractivity contribution >= 4 is 22.3 Å². The molecule has 1 heterocycles. The smallest absolute Gasteiger partial charge is 0.264 e. The van der Waals surface area contributed by atoms with Gasteiger partial charge in [0.2, 0.25) is 0 Å². The fourth-order valence-corrected chi connectivity index (χ4v) is 3.76. The van der Waals surface area contributed by atoms with Crippen LogP contribution < -0.4 is 30.7 Å². The van der Waals surface area contributed by atoms with Crippen molar-refractivity contribution in [3.05, 3.63) is 76.2 Å². The standard InChI is InChI=1S/C24H22N3O6/c1-31-17-7-4-14(5-8-17)22-20-9-6-15(27(29)30)12-21(20)24(28)26(23(22)25)16-10-18(32-2)13-19(11-16)33-3/h4-13,29H,25H2,1-3H3/q-1. The van der Waals surface area contributed by atoms with Gasteiger partial charge in [-0.2, -0.15) is 0 Å². The molecule has 33 heavy (non-hydrogen) atoms. The maximum absolute atomic E-state index is 13.6. The number of benzene rings is 3. The van der Waals surface area contributed by atoms with Crippen LogP contribution in [0, 0.1) is 5.21 Å². The average molecular weight is 448 g/mol. The molecular weight excluding hydrogens is 426 g/mol. The van der Waals surface area contributed by atoms with Gasteiger partial charge < -0.3 is 30.4 Å². The lowest BCUT2D eigenvalue weighted by atomic mass is 9.98. The Kier molecular flexibility index (Phi) is 5.82. The van der Waals surface area contributed by atoms with E-state index >= 15 is 0 Å². The van der Waals surface area contributed by atoms with Gasteiger partial charge in [0, 0.05) is 23.8 Å². The molecule has 0 unspecified atom stereocenters. The van der Waals surface area contributed by atoms with E-state index in [1.165, 1.54) is 30.9 Å². The molecule has 4 rings (SSSR count). The molecule has 9 heteroatoms. The van der Waals surface area contributed by atoms with Gasteiger partial charge in [-0.15, -0.1) is 0 Å². The van der Waals surface area contributed by atoms with Crippen LogP contribution >= 0.6 is 0 Å². The lowest BCUT2D eigenvalue weighted by Crippen LogP contribution is -2.23. The number of nitrogens with zero attached hydrogens (tertiary/aromatic N) is 2. The van der Waals surface area contributed by atoms with E-state index in [0.717, 1.165) is 5.56 Å². The molecular formula is C24H22N3O6-. The van der Waals surface area contributed by atoms with E-state index < -0.39 is 5.56 Å². The number of nitrogens with two attached hydrogens (primary N) is 1. The molecule has 0 radical (unpaired) electrons. The Morgan fingerprint density at radius 1 is 0.848 bits per heavy atom. The largest absolute Gasteiger partial charge is 0.733 e. The fourth-order valence-electron chi connectivity index (χ4n) is 3.76. The lowest BCUT2D eigenvalue weighted by molar-refractivity contribution is 0.296. The second-order valence-corrected chi connectivity index (χ2v) is 7.20. The van der Waals surface area contributed by atoms with Gasteiger partial charge >= 0.3 is 0 Å². The molecule has 0 saturated heterocycles. The van der Waals surface area contributed by atoms with Crippen LogP contribution in [0.2, 0.25) is 0 Å². The van der Waals surface area contributed by atoms with Gasteiger partial charge in [0.1, 0.15) is 23.1 Å². The van der Waals surface area contributed by atoms with Crippen LogP contribution in [0.1, 0.15) is 0 Å². The molecule has 0 spiro atoms. The molecule has 0 aliphatic heterocycles. The van der Waals surface area contributed by atoms with Crippen LogP contribution in [0.4, 0.5) is 11.5 Å². The maximum atomic E-state index is 13.6. The van der Waals surface area contributed by atoms with E-state index in [-0.39, 0.29) is 22.1 Å². The highest BCUT2D eigenvalue weighted by Gasteiger charge is 2.19. The first kappa shape index (κ1) is 22.0. The minimum absolute atomic E-state index is 0.0835. The number of fused-ring (bicyclic) bond motifs is 1. The second kappa shape index (κ2) is 8.73. The summed E-state index contributed by atoms with van der Waals surface area (Å²) in [5, 5.41) is 21.3. The van der Waals surface area contributed by atoms with Crippen molar-refractivity contribution < 1.29 is 19.4 Å². The zero-order chi connectivity index (χ0) is 23.7. The minimum Gasteiger partial charge on any atom is -0.733 e. The molecule has 0 aliphatic carbocycles. The second-order valence-electron chi connectivity index (χ2n) is 7.20. The van der Waals surface area contributed by atoms with Gasteiger partial charge in [-0.3, -0.25) is 14.6 Å². The van der Waals surface area contributed by atoms with E-state index in [4.69, 9.17) is 19.9 Å². The van der Waals surface area contributed by atoms with E-state index in [1.54, 1.807) is 43.5 Å². The summed E-state index contributed by atoms with van der Waals surface area (Å²) >= 11 is 0. The summed E-state index contributed by atoms with van der Waals surface area (Å²) in [5.74, 6) is 1.79. The van der Waals surface area contributed by atoms with Crippen molar-refractivity contribution in [1.82, 2.24) is 4.57 Å². The third kappa shape index (κ3) is 3.91. The number of pyridine rings is 1. The maximum Gasteiger partial charge on any atom is 0.264 e. The fraction of sp³-hybridized carbons (Fsp3) is 0.125. The molecule has 3 N–H and O–H groups in total. The Bertz CT molecular complexity index is 1360. The Balaban J connectivity index is 2.12. The van der Waals surface area contributed by atoms with Gasteiger partial charge in [0.25, 0.3) is 5.56 Å². The quantitative estimate of drug-likeness (QED) is 0.425. The summed E-state index contributed by atoms with van der Waals surface area (Å²) in [4.78, 5) is 13.6. The SMILES string of the molecule is COc1ccc(-c2c(N)n(-c3cc(OC)cc(OC)c3)c(=O)c3cc(N([O-])O)ccc23)cc1. The first-order valence-electron chi connectivity index (χ1n) is 9.90. The summed E-state index contributed by atoms with van der Waals surface area (Å²) in [5.41, 5.74) is 7.77. The summed E-state index contributed by atoms with van der Waals surface area (Å²) in [7, 11) is 4.58. The molecule has 0 bridgehead atoms. The summed E-state index contributed by atoms with van der Waals surface area (Å²) in [6, 6.07) is 16.5. The summed E-state index contributed by atoms with van der Waals surface area (Å²) in [6.07, 6.45) is 0. The van der Waals surface area contributed by atoms with E-state index in [9.17, 15) is 15.2 Å². The Labute approximate surface area is 189 Å². The van der Waals surface area contributed by atoms with Gasteiger partial charge in [-0.25, -0.2) is 0 Å². The predicted molar refractivity (Wildman–Crippen MR) is 127 cm³/mol. The van der Waals surface area contributed by atoms with E-state index in [0.29, 0.717) is 33.9 Å². The van der Waals surface area contributed by atoms with Crippen LogP contribution in [0.5, 0.6) is 17.2 Å². The van der Waals surface area contributed by atoms with Crippen LogP contribution in [0.3, 0.4) is 0 Å². The third-order valence-corrected chi connectivity index (χ3v) is 5.40. The molecule has 170 valence electrons. The van der Waals surface area contributed by atoms with Crippen LogP contribution in [0.15, 0.2) is 65.5 Å². The van der Waals surface area contributed by atoms with Crippen molar-refractivity contribution in [2.75, 3.05) is 32.3 Å². The number of rotatable bonds is 6. The third-order valence-electron chi connectivity index (χ3n) is 5.40. The lowest BCUT2D eigenvalue weighted by Gasteiger charge is -2.23. The van der Waals surface area contributed by atoms with E-state index in [2.05, 4.69) is 0 Å². The van der Waals surface area contributed by atoms with Gasteiger partial charge in [-0.1, -0.05) is 18.2 Å². The minimum atomic E-state index is -0.473.